The number of piperidine rings is 1. The molecular weight excluding hydrogens is 331 g/mol. The van der Waals surface area contributed by atoms with E-state index in [0.29, 0.717) is 18.8 Å². The monoisotopic (exact) mass is 347 g/mol. The van der Waals surface area contributed by atoms with E-state index in [1.165, 1.54) is 12.4 Å². The Balaban J connectivity index is 1.68. The lowest BCUT2D eigenvalue weighted by atomic mass is 10.0. The fraction of sp³-hybridized carbons (Fsp3) is 0.353. The summed E-state index contributed by atoms with van der Waals surface area (Å²) in [6.07, 6.45) is 0.287. The van der Waals surface area contributed by atoms with E-state index >= 15 is 0 Å². The number of nitrogens with one attached hydrogen (secondary N) is 1. The van der Waals surface area contributed by atoms with Gasteiger partial charge in [-0.3, -0.25) is 0 Å². The maximum Gasteiger partial charge on any atom is 0.416 e. The molecule has 8 heteroatoms. The SMILES string of the molecule is N#Cc1cc(C(F)(F)F)ccc1N1CCC(Nc2ccncn2)CC1. The predicted octanol–water partition coefficient (Wildman–Crippen LogP) is 3.45. The van der Waals surface area contributed by atoms with E-state index < -0.39 is 11.7 Å². The lowest BCUT2D eigenvalue weighted by Crippen LogP contribution is -2.39. The van der Waals surface area contributed by atoms with Crippen LogP contribution in [0, 0.1) is 11.3 Å². The van der Waals surface area contributed by atoms with Gasteiger partial charge in [-0.15, -0.1) is 0 Å². The van der Waals surface area contributed by atoms with Gasteiger partial charge in [-0.2, -0.15) is 18.4 Å². The van der Waals surface area contributed by atoms with Gasteiger partial charge in [0.25, 0.3) is 0 Å². The van der Waals surface area contributed by atoms with Crippen molar-refractivity contribution >= 4 is 11.5 Å². The molecular formula is C17H16F3N5. The second-order valence-corrected chi connectivity index (χ2v) is 5.84. The predicted molar refractivity (Wildman–Crippen MR) is 87.0 cm³/mol. The molecule has 2 aromatic rings. The number of hydrogen-bond donors (Lipinski definition) is 1. The average Bonchev–Trinajstić information content (AvgIpc) is 2.62. The van der Waals surface area contributed by atoms with E-state index in [1.54, 1.807) is 12.3 Å². The number of nitriles is 1. The van der Waals surface area contributed by atoms with Crippen LogP contribution in [0.2, 0.25) is 0 Å². The summed E-state index contributed by atoms with van der Waals surface area (Å²) in [6.45, 7) is 1.31. The van der Waals surface area contributed by atoms with Crippen LogP contribution in [0.15, 0.2) is 36.8 Å². The minimum atomic E-state index is -4.45. The van der Waals surface area contributed by atoms with E-state index in [9.17, 15) is 18.4 Å². The summed E-state index contributed by atoms with van der Waals surface area (Å²) in [4.78, 5) is 9.94. The highest BCUT2D eigenvalue weighted by molar-refractivity contribution is 5.61. The lowest BCUT2D eigenvalue weighted by Gasteiger charge is -2.34. The minimum absolute atomic E-state index is 0.0528. The Kier molecular flexibility index (Phi) is 4.74. The summed E-state index contributed by atoms with van der Waals surface area (Å²) in [7, 11) is 0. The first-order valence-electron chi connectivity index (χ1n) is 7.86. The molecule has 0 unspecified atom stereocenters. The number of anilines is 2. The number of hydrogen-bond acceptors (Lipinski definition) is 5. The molecule has 0 saturated carbocycles. The van der Waals surface area contributed by atoms with Crippen LogP contribution in [0.25, 0.3) is 0 Å². The molecule has 0 spiro atoms. The molecule has 25 heavy (non-hydrogen) atoms. The van der Waals surface area contributed by atoms with Crippen molar-refractivity contribution in [1.82, 2.24) is 9.97 Å². The number of halogens is 3. The van der Waals surface area contributed by atoms with E-state index in [2.05, 4.69) is 15.3 Å². The Bertz CT molecular complexity index is 762. The van der Waals surface area contributed by atoms with E-state index in [0.717, 1.165) is 30.8 Å². The highest BCUT2D eigenvalue weighted by Gasteiger charge is 2.31. The van der Waals surface area contributed by atoms with Crippen molar-refractivity contribution < 1.29 is 13.2 Å². The van der Waals surface area contributed by atoms with E-state index in [-0.39, 0.29) is 11.6 Å². The Labute approximate surface area is 143 Å². The van der Waals surface area contributed by atoms with Crippen molar-refractivity contribution in [3.8, 4) is 6.07 Å². The second kappa shape index (κ2) is 6.97. The van der Waals surface area contributed by atoms with Gasteiger partial charge in [0.2, 0.25) is 0 Å². The van der Waals surface area contributed by atoms with Crippen molar-refractivity contribution in [2.24, 2.45) is 0 Å². The van der Waals surface area contributed by atoms with E-state index in [1.807, 2.05) is 11.0 Å². The number of alkyl halides is 3. The fourth-order valence-corrected chi connectivity index (χ4v) is 2.93. The van der Waals surface area contributed by atoms with Crippen LogP contribution in [-0.4, -0.2) is 29.1 Å². The molecule has 130 valence electrons. The first kappa shape index (κ1) is 17.0. The van der Waals surface area contributed by atoms with Gasteiger partial charge in [0, 0.05) is 25.3 Å². The first-order chi connectivity index (χ1) is 12.0. The molecule has 0 radical (unpaired) electrons. The minimum Gasteiger partial charge on any atom is -0.370 e. The van der Waals surface area contributed by atoms with Gasteiger partial charge in [-0.1, -0.05) is 0 Å². The molecule has 1 aliphatic rings. The molecule has 1 N–H and O–H groups in total. The standard InChI is InChI=1S/C17H16F3N5/c18-17(19,20)13-1-2-15(12(9-13)10-21)25-7-4-14(5-8-25)24-16-3-6-22-11-23-16/h1-3,6,9,11,14H,4-5,7-8H2,(H,22,23,24). The summed E-state index contributed by atoms with van der Waals surface area (Å²) < 4.78 is 38.4. The van der Waals surface area contributed by atoms with Gasteiger partial charge in [-0.05, 0) is 37.1 Å². The first-order valence-corrected chi connectivity index (χ1v) is 7.86. The molecule has 1 fully saturated rings. The van der Waals surface area contributed by atoms with Gasteiger partial charge in [-0.25, -0.2) is 9.97 Å². The molecule has 1 aromatic carbocycles. The summed E-state index contributed by atoms with van der Waals surface area (Å²) in [5, 5.41) is 12.5. The van der Waals surface area contributed by atoms with Crippen LogP contribution in [0.4, 0.5) is 24.7 Å². The van der Waals surface area contributed by atoms with Crippen LogP contribution in [0.3, 0.4) is 0 Å². The third kappa shape index (κ3) is 3.99. The fourth-order valence-electron chi connectivity index (χ4n) is 2.93. The number of nitrogens with zero attached hydrogens (tertiary/aromatic N) is 4. The summed E-state index contributed by atoms with van der Waals surface area (Å²) in [5.74, 6) is 0.751. The topological polar surface area (TPSA) is 64.8 Å². The van der Waals surface area contributed by atoms with Gasteiger partial charge in [0.1, 0.15) is 18.2 Å². The summed E-state index contributed by atoms with van der Waals surface area (Å²) in [6, 6.07) is 7.23. The van der Waals surface area contributed by atoms with Gasteiger partial charge >= 0.3 is 6.18 Å². The third-order valence-electron chi connectivity index (χ3n) is 4.21. The molecule has 2 heterocycles. The molecule has 1 aromatic heterocycles. The van der Waals surface area contributed by atoms with Crippen molar-refractivity contribution in [3.05, 3.63) is 47.9 Å². The average molecular weight is 347 g/mol. The Morgan fingerprint density at radius 3 is 2.56 bits per heavy atom. The summed E-state index contributed by atoms with van der Waals surface area (Å²) in [5.41, 5.74) is -0.193. The second-order valence-electron chi connectivity index (χ2n) is 5.84. The molecule has 5 nitrogen and oxygen atoms in total. The van der Waals surface area contributed by atoms with E-state index in [4.69, 9.17) is 0 Å². The zero-order valence-corrected chi connectivity index (χ0v) is 13.3. The Hall–Kier alpha value is -2.82. The highest BCUT2D eigenvalue weighted by Crippen LogP contribution is 2.33. The van der Waals surface area contributed by atoms with Gasteiger partial charge in [0.05, 0.1) is 16.8 Å². The quantitative estimate of drug-likeness (QED) is 0.921. The normalized spacial score (nSPS) is 15.7. The van der Waals surface area contributed by atoms with Crippen molar-refractivity contribution in [3.63, 3.8) is 0 Å². The molecule has 1 aliphatic heterocycles. The Morgan fingerprint density at radius 2 is 1.96 bits per heavy atom. The van der Waals surface area contributed by atoms with Gasteiger partial charge < -0.3 is 10.2 Å². The molecule has 0 atom stereocenters. The van der Waals surface area contributed by atoms with Crippen LogP contribution in [0.5, 0.6) is 0 Å². The van der Waals surface area contributed by atoms with Crippen LogP contribution in [-0.2, 0) is 6.18 Å². The number of benzene rings is 1. The molecule has 0 amide bonds. The molecule has 1 saturated heterocycles. The smallest absolute Gasteiger partial charge is 0.370 e. The third-order valence-corrected chi connectivity index (χ3v) is 4.21. The molecule has 3 rings (SSSR count). The maximum atomic E-state index is 12.8. The lowest BCUT2D eigenvalue weighted by molar-refractivity contribution is -0.137. The van der Waals surface area contributed by atoms with Crippen molar-refractivity contribution in [2.75, 3.05) is 23.3 Å². The van der Waals surface area contributed by atoms with Gasteiger partial charge in [0.15, 0.2) is 0 Å². The van der Waals surface area contributed by atoms with Crippen molar-refractivity contribution in [1.29, 1.82) is 5.26 Å². The maximum absolute atomic E-state index is 12.8. The number of aromatic nitrogens is 2. The summed E-state index contributed by atoms with van der Waals surface area (Å²) >= 11 is 0. The molecule has 0 aliphatic carbocycles. The largest absolute Gasteiger partial charge is 0.416 e. The number of rotatable bonds is 3. The molecule has 0 bridgehead atoms. The zero-order valence-electron chi connectivity index (χ0n) is 13.3. The highest BCUT2D eigenvalue weighted by atomic mass is 19.4. The van der Waals surface area contributed by atoms with Crippen LogP contribution >= 0.6 is 0 Å². The van der Waals surface area contributed by atoms with Crippen LogP contribution in [0.1, 0.15) is 24.0 Å². The zero-order chi connectivity index (χ0) is 17.9. The Morgan fingerprint density at radius 1 is 1.20 bits per heavy atom. The van der Waals surface area contributed by atoms with Crippen LogP contribution < -0.4 is 10.2 Å². The van der Waals surface area contributed by atoms with Crippen molar-refractivity contribution in [2.45, 2.75) is 25.1 Å².